The molecule has 2 aromatic heterocycles. The molecule has 0 bridgehead atoms. The highest BCUT2D eigenvalue weighted by Gasteiger charge is 2.33. The number of carboxylic acids is 1. The highest BCUT2D eigenvalue weighted by atomic mass is 35.5. The summed E-state index contributed by atoms with van der Waals surface area (Å²) in [4.78, 5) is 35.2. The highest BCUT2D eigenvalue weighted by molar-refractivity contribution is 6.29. The number of aromatic nitrogens is 3. The third-order valence-corrected chi connectivity index (χ3v) is 6.80. The Kier molecular flexibility index (Phi) is 6.45. The Morgan fingerprint density at radius 3 is 2.51 bits per heavy atom. The van der Waals surface area contributed by atoms with E-state index in [2.05, 4.69) is 15.3 Å². The van der Waals surface area contributed by atoms with Crippen LogP contribution in [0.4, 0.5) is 29.2 Å². The smallest absolute Gasteiger partial charge is 0.416 e. The number of alkyl halides is 3. The number of carboxylic acid groups (broad SMARTS) is 1. The number of anilines is 2. The summed E-state index contributed by atoms with van der Waals surface area (Å²) in [5.41, 5.74) is -0.565. The van der Waals surface area contributed by atoms with Gasteiger partial charge in [-0.1, -0.05) is 17.7 Å². The van der Waals surface area contributed by atoms with Crippen LogP contribution in [-0.2, 0) is 26.3 Å². The Hall–Kier alpha value is -4.19. The van der Waals surface area contributed by atoms with E-state index in [1.165, 1.54) is 38.2 Å². The van der Waals surface area contributed by atoms with E-state index < -0.39 is 40.8 Å². The topological polar surface area (TPSA) is 100 Å². The maximum Gasteiger partial charge on any atom is 0.416 e. The normalized spacial score (nSPS) is 14.0. The van der Waals surface area contributed by atoms with Crippen molar-refractivity contribution in [3.8, 4) is 0 Å². The van der Waals surface area contributed by atoms with Gasteiger partial charge >= 0.3 is 12.1 Å². The van der Waals surface area contributed by atoms with Gasteiger partial charge in [0.1, 0.15) is 11.0 Å². The van der Waals surface area contributed by atoms with Crippen molar-refractivity contribution in [3.63, 3.8) is 0 Å². The van der Waals surface area contributed by atoms with Crippen molar-refractivity contribution in [1.82, 2.24) is 14.5 Å². The summed E-state index contributed by atoms with van der Waals surface area (Å²) in [7, 11) is 1.41. The fraction of sp³-hybridized carbons (Fsp3) is 0.231. The quantitative estimate of drug-likeness (QED) is 0.244. The summed E-state index contributed by atoms with van der Waals surface area (Å²) in [6.45, 7) is 2.09. The predicted molar refractivity (Wildman–Crippen MR) is 137 cm³/mol. The molecular formula is C26H20ClF4N5O3. The largest absolute Gasteiger partial charge is 0.476 e. The van der Waals surface area contributed by atoms with Crippen LogP contribution < -0.4 is 15.8 Å². The molecular weight excluding hydrogens is 542 g/mol. The van der Waals surface area contributed by atoms with Gasteiger partial charge in [-0.15, -0.1) is 0 Å². The number of nitrogens with one attached hydrogen (secondary N) is 1. The summed E-state index contributed by atoms with van der Waals surface area (Å²) >= 11 is 5.82. The minimum atomic E-state index is -4.76. The molecule has 3 heterocycles. The van der Waals surface area contributed by atoms with Gasteiger partial charge in [-0.3, -0.25) is 9.36 Å². The standard InChI is InChI=1S/C26H20ClF4N5O3/c1-12(32-19-5-6-20(27)33-22(19)24(38)39)17-8-15(26(29,30)31)9-18-21(17)34-25(35(2)23(18)37)36-10-13-3-4-16(28)7-14(13)11-36/h3-9,12,32H,10-11H2,1-2H3,(H,38,39)/t12-/m1/s1. The van der Waals surface area contributed by atoms with Gasteiger partial charge in [0, 0.05) is 25.7 Å². The molecule has 1 aliphatic heterocycles. The SMILES string of the molecule is C[C@@H](Nc1ccc(Cl)nc1C(=O)O)c1cc(C(F)(F)F)cc2c(=O)n(C)c(N3Cc4ccc(F)cc4C3)nc12. The van der Waals surface area contributed by atoms with Gasteiger partial charge < -0.3 is 15.3 Å². The van der Waals surface area contributed by atoms with Crippen molar-refractivity contribution in [2.45, 2.75) is 32.2 Å². The lowest BCUT2D eigenvalue weighted by Gasteiger charge is -2.23. The number of hydrogen-bond donors (Lipinski definition) is 2. The fourth-order valence-electron chi connectivity index (χ4n) is 4.70. The van der Waals surface area contributed by atoms with Crippen LogP contribution in [-0.4, -0.2) is 25.6 Å². The molecule has 0 unspecified atom stereocenters. The van der Waals surface area contributed by atoms with Crippen molar-refractivity contribution in [1.29, 1.82) is 0 Å². The van der Waals surface area contributed by atoms with Crippen molar-refractivity contribution in [2.24, 2.45) is 7.05 Å². The lowest BCUT2D eigenvalue weighted by molar-refractivity contribution is -0.137. The maximum absolute atomic E-state index is 13.9. The number of halogens is 5. The van der Waals surface area contributed by atoms with Crippen LogP contribution >= 0.6 is 11.6 Å². The molecule has 1 aliphatic rings. The summed E-state index contributed by atoms with van der Waals surface area (Å²) in [6.07, 6.45) is -4.76. The zero-order valence-corrected chi connectivity index (χ0v) is 21.2. The van der Waals surface area contributed by atoms with E-state index in [4.69, 9.17) is 11.6 Å². The number of rotatable bonds is 5. The van der Waals surface area contributed by atoms with E-state index in [-0.39, 0.29) is 39.8 Å². The first-order valence-corrected chi connectivity index (χ1v) is 12.0. The Balaban J connectivity index is 1.66. The van der Waals surface area contributed by atoms with E-state index in [1.54, 1.807) is 11.0 Å². The monoisotopic (exact) mass is 561 g/mol. The van der Waals surface area contributed by atoms with Crippen LogP contribution in [0.15, 0.2) is 47.3 Å². The van der Waals surface area contributed by atoms with Crippen molar-refractivity contribution >= 4 is 40.1 Å². The molecule has 5 rings (SSSR count). The van der Waals surface area contributed by atoms with E-state index in [1.807, 2.05) is 0 Å². The lowest BCUT2D eigenvalue weighted by atomic mass is 10.00. The van der Waals surface area contributed by atoms with Crippen LogP contribution in [0.2, 0.25) is 5.15 Å². The molecule has 0 saturated heterocycles. The number of carbonyl (C=O) groups is 1. The average molecular weight is 562 g/mol. The fourth-order valence-corrected chi connectivity index (χ4v) is 4.85. The number of nitrogens with zero attached hydrogens (tertiary/aromatic N) is 4. The van der Waals surface area contributed by atoms with E-state index in [0.717, 1.165) is 22.3 Å². The zero-order valence-electron chi connectivity index (χ0n) is 20.5. The molecule has 2 N–H and O–H groups in total. The predicted octanol–water partition coefficient (Wildman–Crippen LogP) is 5.53. The lowest BCUT2D eigenvalue weighted by Crippen LogP contribution is -2.29. The third-order valence-electron chi connectivity index (χ3n) is 6.59. The molecule has 4 aromatic rings. The number of benzene rings is 2. The zero-order chi connectivity index (χ0) is 28.2. The van der Waals surface area contributed by atoms with Gasteiger partial charge in [0.15, 0.2) is 5.69 Å². The first kappa shape index (κ1) is 26.4. The molecule has 8 nitrogen and oxygen atoms in total. The summed E-state index contributed by atoms with van der Waals surface area (Å²) < 4.78 is 56.5. The van der Waals surface area contributed by atoms with Crippen LogP contribution in [0, 0.1) is 5.82 Å². The molecule has 13 heteroatoms. The van der Waals surface area contributed by atoms with Crippen LogP contribution in [0.5, 0.6) is 0 Å². The number of fused-ring (bicyclic) bond motifs is 2. The van der Waals surface area contributed by atoms with Gasteiger partial charge in [0.2, 0.25) is 5.95 Å². The number of pyridine rings is 1. The second-order valence-electron chi connectivity index (χ2n) is 9.21. The van der Waals surface area contributed by atoms with Gasteiger partial charge in [0.25, 0.3) is 5.56 Å². The van der Waals surface area contributed by atoms with Crippen molar-refractivity contribution in [3.05, 3.63) is 91.7 Å². The van der Waals surface area contributed by atoms with Gasteiger partial charge in [-0.2, -0.15) is 13.2 Å². The van der Waals surface area contributed by atoms with Gasteiger partial charge in [0.05, 0.1) is 28.2 Å². The highest BCUT2D eigenvalue weighted by Crippen LogP contribution is 2.36. The summed E-state index contributed by atoms with van der Waals surface area (Å²) in [5.74, 6) is -1.60. The minimum Gasteiger partial charge on any atom is -0.476 e. The Morgan fingerprint density at radius 1 is 1.10 bits per heavy atom. The molecule has 39 heavy (non-hydrogen) atoms. The summed E-state index contributed by atoms with van der Waals surface area (Å²) in [5, 5.41) is 12.1. The molecule has 0 amide bonds. The van der Waals surface area contributed by atoms with Gasteiger partial charge in [-0.25, -0.2) is 19.2 Å². The number of hydrogen-bond acceptors (Lipinski definition) is 6. The third kappa shape index (κ3) is 4.87. The second kappa shape index (κ2) is 9.53. The van der Waals surface area contributed by atoms with Crippen molar-refractivity contribution in [2.75, 3.05) is 10.2 Å². The first-order chi connectivity index (χ1) is 18.3. The molecule has 0 fully saturated rings. The van der Waals surface area contributed by atoms with Crippen LogP contribution in [0.1, 0.15) is 45.7 Å². The van der Waals surface area contributed by atoms with E-state index >= 15 is 0 Å². The molecule has 2 aromatic carbocycles. The van der Waals surface area contributed by atoms with Crippen LogP contribution in [0.25, 0.3) is 10.9 Å². The molecule has 202 valence electrons. The molecule has 0 aliphatic carbocycles. The molecule has 0 saturated carbocycles. The summed E-state index contributed by atoms with van der Waals surface area (Å²) in [6, 6.07) is 7.75. The Morgan fingerprint density at radius 2 is 1.82 bits per heavy atom. The number of aromatic carboxylic acids is 1. The molecule has 0 radical (unpaired) electrons. The first-order valence-electron chi connectivity index (χ1n) is 11.6. The van der Waals surface area contributed by atoms with Crippen molar-refractivity contribution < 1.29 is 27.5 Å². The molecule has 1 atom stereocenters. The van der Waals surface area contributed by atoms with E-state index in [0.29, 0.717) is 12.1 Å². The van der Waals surface area contributed by atoms with Crippen LogP contribution in [0.3, 0.4) is 0 Å². The van der Waals surface area contributed by atoms with Gasteiger partial charge in [-0.05, 0) is 54.4 Å². The second-order valence-corrected chi connectivity index (χ2v) is 9.59. The Bertz CT molecular complexity index is 1710. The minimum absolute atomic E-state index is 0.0158. The maximum atomic E-state index is 13.9. The molecule has 0 spiro atoms. The van der Waals surface area contributed by atoms with E-state index in [9.17, 15) is 32.3 Å². The Labute approximate surface area is 223 Å². The average Bonchev–Trinajstić information content (AvgIpc) is 3.28.